The number of aryl methyl sites for hydroxylation is 1. The number of H-pyrrole nitrogens is 1. The highest BCUT2D eigenvalue weighted by Crippen LogP contribution is 2.33. The SMILES string of the molecule is CCc1cc(Oc2ccc(S(C)=O)nc2)cc2cc(C3=NCC(CC(N)=O)S3)[nH]c12. The van der Waals surface area contributed by atoms with Gasteiger partial charge in [-0.2, -0.15) is 0 Å². The second kappa shape index (κ2) is 8.61. The number of aliphatic imine (C=N–C) groups is 1. The van der Waals surface area contributed by atoms with E-state index in [1.807, 2.05) is 12.1 Å². The van der Waals surface area contributed by atoms with Gasteiger partial charge >= 0.3 is 0 Å². The number of carbonyl (C=O) groups excluding carboxylic acids is 1. The topological polar surface area (TPSA) is 110 Å². The molecule has 2 unspecified atom stereocenters. The van der Waals surface area contributed by atoms with Crippen molar-refractivity contribution < 1.29 is 13.7 Å². The molecular formula is C21H22N4O3S2. The second-order valence-corrected chi connectivity index (χ2v) is 9.64. The van der Waals surface area contributed by atoms with E-state index < -0.39 is 10.8 Å². The normalized spacial score (nSPS) is 17.1. The lowest BCUT2D eigenvalue weighted by molar-refractivity contribution is -0.117. The minimum atomic E-state index is -1.12. The van der Waals surface area contributed by atoms with Crippen LogP contribution in [0.15, 0.2) is 46.5 Å². The number of ether oxygens (including phenoxy) is 1. The van der Waals surface area contributed by atoms with Gasteiger partial charge in [0.25, 0.3) is 0 Å². The molecule has 3 heterocycles. The maximum absolute atomic E-state index is 11.5. The lowest BCUT2D eigenvalue weighted by atomic mass is 10.1. The number of primary amides is 1. The molecule has 0 aliphatic carbocycles. The molecule has 30 heavy (non-hydrogen) atoms. The molecule has 7 nitrogen and oxygen atoms in total. The molecule has 1 aliphatic heterocycles. The van der Waals surface area contributed by atoms with E-state index in [1.165, 1.54) is 0 Å². The van der Waals surface area contributed by atoms with Crippen molar-refractivity contribution in [1.29, 1.82) is 0 Å². The van der Waals surface area contributed by atoms with Gasteiger partial charge in [-0.3, -0.25) is 14.0 Å². The Morgan fingerprint density at radius 2 is 2.17 bits per heavy atom. The molecule has 4 rings (SSSR count). The summed E-state index contributed by atoms with van der Waals surface area (Å²) in [7, 11) is -1.12. The number of hydrogen-bond donors (Lipinski definition) is 2. The number of hydrogen-bond acceptors (Lipinski definition) is 6. The summed E-state index contributed by atoms with van der Waals surface area (Å²) in [5, 5.41) is 2.54. The lowest BCUT2D eigenvalue weighted by Crippen LogP contribution is -2.18. The third kappa shape index (κ3) is 4.41. The molecular weight excluding hydrogens is 420 g/mol. The number of amides is 1. The van der Waals surface area contributed by atoms with Crippen molar-refractivity contribution in [2.75, 3.05) is 12.8 Å². The van der Waals surface area contributed by atoms with Crippen molar-refractivity contribution in [3.8, 4) is 11.5 Å². The van der Waals surface area contributed by atoms with Gasteiger partial charge in [0.2, 0.25) is 5.91 Å². The summed E-state index contributed by atoms with van der Waals surface area (Å²) in [5.41, 5.74) is 8.43. The molecule has 0 radical (unpaired) electrons. The molecule has 3 aromatic rings. The van der Waals surface area contributed by atoms with Crippen LogP contribution in [0.25, 0.3) is 10.9 Å². The number of rotatable bonds is 7. The first-order valence-corrected chi connectivity index (χ1v) is 12.0. The molecule has 9 heteroatoms. The van der Waals surface area contributed by atoms with Gasteiger partial charge in [0.15, 0.2) is 0 Å². The molecule has 2 aromatic heterocycles. The highest BCUT2D eigenvalue weighted by molar-refractivity contribution is 8.15. The number of nitrogens with zero attached hydrogens (tertiary/aromatic N) is 2. The van der Waals surface area contributed by atoms with Gasteiger partial charge in [0.1, 0.15) is 21.6 Å². The zero-order chi connectivity index (χ0) is 21.3. The number of thioether (sulfide) groups is 1. The van der Waals surface area contributed by atoms with Gasteiger partial charge in [-0.1, -0.05) is 18.7 Å². The highest BCUT2D eigenvalue weighted by Gasteiger charge is 2.23. The van der Waals surface area contributed by atoms with Gasteiger partial charge in [0, 0.05) is 28.8 Å². The summed E-state index contributed by atoms with van der Waals surface area (Å²) in [6.07, 6.45) is 4.34. The van der Waals surface area contributed by atoms with Gasteiger partial charge in [-0.15, -0.1) is 0 Å². The fourth-order valence-electron chi connectivity index (χ4n) is 3.37. The van der Waals surface area contributed by atoms with Crippen LogP contribution in [0.2, 0.25) is 0 Å². The minimum Gasteiger partial charge on any atom is -0.456 e. The van der Waals surface area contributed by atoms with Crippen LogP contribution in [0, 0.1) is 0 Å². The maximum Gasteiger partial charge on any atom is 0.218 e. The Morgan fingerprint density at radius 1 is 1.33 bits per heavy atom. The van der Waals surface area contributed by atoms with E-state index in [2.05, 4.69) is 28.0 Å². The van der Waals surface area contributed by atoms with E-state index in [1.54, 1.807) is 36.3 Å². The highest BCUT2D eigenvalue weighted by atomic mass is 32.2. The molecule has 3 N–H and O–H groups in total. The molecule has 1 aromatic carbocycles. The molecule has 0 saturated carbocycles. The largest absolute Gasteiger partial charge is 0.456 e. The van der Waals surface area contributed by atoms with Crippen LogP contribution in [0.1, 0.15) is 24.6 Å². The summed E-state index contributed by atoms with van der Waals surface area (Å²) in [6.45, 7) is 2.69. The number of aromatic nitrogens is 2. The van der Waals surface area contributed by atoms with Crippen LogP contribution in [-0.2, 0) is 22.0 Å². The molecule has 0 saturated heterocycles. The van der Waals surface area contributed by atoms with Gasteiger partial charge in [-0.05, 0) is 42.3 Å². The fraction of sp³-hybridized carbons (Fsp3) is 0.286. The summed E-state index contributed by atoms with van der Waals surface area (Å²) in [6, 6.07) is 9.51. The van der Waals surface area contributed by atoms with Gasteiger partial charge < -0.3 is 15.5 Å². The average molecular weight is 443 g/mol. The Morgan fingerprint density at radius 3 is 2.83 bits per heavy atom. The summed E-state index contributed by atoms with van der Waals surface area (Å²) < 4.78 is 17.5. The molecule has 0 bridgehead atoms. The van der Waals surface area contributed by atoms with E-state index in [0.29, 0.717) is 29.5 Å². The van der Waals surface area contributed by atoms with Crippen molar-refractivity contribution in [2.24, 2.45) is 10.7 Å². The van der Waals surface area contributed by atoms with E-state index in [0.717, 1.165) is 33.6 Å². The van der Waals surface area contributed by atoms with E-state index in [-0.39, 0.29) is 11.2 Å². The zero-order valence-electron chi connectivity index (χ0n) is 16.7. The average Bonchev–Trinajstić information content (AvgIpc) is 3.34. The zero-order valence-corrected chi connectivity index (χ0v) is 18.3. The second-order valence-electron chi connectivity index (χ2n) is 7.03. The molecule has 1 aliphatic rings. The first kappa shape index (κ1) is 20.6. The van der Waals surface area contributed by atoms with Crippen LogP contribution < -0.4 is 10.5 Å². The molecule has 2 atom stereocenters. The van der Waals surface area contributed by atoms with E-state index in [9.17, 15) is 9.00 Å². The number of carbonyl (C=O) groups is 1. The first-order valence-electron chi connectivity index (χ1n) is 9.55. The van der Waals surface area contributed by atoms with Crippen molar-refractivity contribution in [2.45, 2.75) is 30.0 Å². The standard InChI is InChI=1S/C21H22N4O3S2/c1-3-12-6-15(28-14-4-5-19(23-10-14)30(2)27)7-13-8-17(25-20(12)13)21-24-11-16(29-21)9-18(22)26/h4-8,10,16,25H,3,9,11H2,1-2H3,(H2,22,26). The molecule has 156 valence electrons. The smallest absolute Gasteiger partial charge is 0.218 e. The van der Waals surface area contributed by atoms with Gasteiger partial charge in [-0.25, -0.2) is 4.98 Å². The number of aromatic amines is 1. The van der Waals surface area contributed by atoms with Crippen molar-refractivity contribution in [1.82, 2.24) is 9.97 Å². The van der Waals surface area contributed by atoms with Crippen LogP contribution in [0.3, 0.4) is 0 Å². The van der Waals surface area contributed by atoms with Crippen LogP contribution in [-0.4, -0.2) is 43.2 Å². The number of nitrogens with two attached hydrogens (primary N) is 1. The summed E-state index contributed by atoms with van der Waals surface area (Å²) in [4.78, 5) is 23.4. The lowest BCUT2D eigenvalue weighted by Gasteiger charge is -2.08. The van der Waals surface area contributed by atoms with Crippen molar-refractivity contribution >= 4 is 44.4 Å². The number of pyridine rings is 1. The minimum absolute atomic E-state index is 0.0985. The Labute approximate surface area is 181 Å². The Hall–Kier alpha value is -2.65. The molecule has 0 fully saturated rings. The monoisotopic (exact) mass is 442 g/mol. The van der Waals surface area contributed by atoms with Gasteiger partial charge in [0.05, 0.1) is 29.2 Å². The molecule has 0 spiro atoms. The van der Waals surface area contributed by atoms with Crippen molar-refractivity contribution in [3.63, 3.8) is 0 Å². The Balaban J connectivity index is 1.59. The number of benzene rings is 1. The van der Waals surface area contributed by atoms with Crippen molar-refractivity contribution in [3.05, 3.63) is 47.8 Å². The van der Waals surface area contributed by atoms with Crippen LogP contribution in [0.4, 0.5) is 0 Å². The third-order valence-electron chi connectivity index (χ3n) is 4.78. The number of fused-ring (bicyclic) bond motifs is 1. The fourth-order valence-corrected chi connectivity index (χ4v) is 4.93. The quantitative estimate of drug-likeness (QED) is 0.583. The van der Waals surface area contributed by atoms with E-state index in [4.69, 9.17) is 10.5 Å². The number of nitrogens with one attached hydrogen (secondary N) is 1. The van der Waals surface area contributed by atoms with E-state index >= 15 is 0 Å². The summed E-state index contributed by atoms with van der Waals surface area (Å²) >= 11 is 1.58. The third-order valence-corrected chi connectivity index (χ3v) is 6.83. The predicted octanol–water partition coefficient (Wildman–Crippen LogP) is 3.39. The molecule has 1 amide bonds. The summed E-state index contributed by atoms with van der Waals surface area (Å²) in [5.74, 6) is 0.999. The maximum atomic E-state index is 11.5. The van der Waals surface area contributed by atoms with Crippen LogP contribution >= 0.6 is 11.8 Å². The predicted molar refractivity (Wildman–Crippen MR) is 121 cm³/mol. The first-order chi connectivity index (χ1) is 14.4. The van der Waals surface area contributed by atoms with Crippen LogP contribution in [0.5, 0.6) is 11.5 Å². The Bertz CT molecular complexity index is 1160. The Kier molecular flexibility index (Phi) is 5.92.